The van der Waals surface area contributed by atoms with Crippen molar-refractivity contribution in [1.29, 1.82) is 0 Å². The quantitative estimate of drug-likeness (QED) is 0.692. The van der Waals surface area contributed by atoms with Crippen LogP contribution in [0.15, 0.2) is 54.6 Å². The molecule has 1 unspecified atom stereocenters. The number of carbonyl (C=O) groups excluding carboxylic acids is 2. The van der Waals surface area contributed by atoms with E-state index in [9.17, 15) is 9.59 Å². The zero-order valence-corrected chi connectivity index (χ0v) is 14.7. The van der Waals surface area contributed by atoms with Crippen LogP contribution in [0, 0.1) is 0 Å². The number of amides is 2. The molecule has 5 heteroatoms. The maximum atomic E-state index is 12.0. The second-order valence-electron chi connectivity index (χ2n) is 6.00. The largest absolute Gasteiger partial charge is 0.350 e. The fourth-order valence-corrected chi connectivity index (χ4v) is 2.24. The van der Waals surface area contributed by atoms with Crippen molar-refractivity contribution < 1.29 is 9.59 Å². The lowest BCUT2D eigenvalue weighted by Crippen LogP contribution is -2.31. The van der Waals surface area contributed by atoms with Crippen molar-refractivity contribution in [1.82, 2.24) is 10.6 Å². The summed E-state index contributed by atoms with van der Waals surface area (Å²) in [6.45, 7) is 4.86. The summed E-state index contributed by atoms with van der Waals surface area (Å²) >= 11 is 0. The Hall–Kier alpha value is -2.66. The highest BCUT2D eigenvalue weighted by atomic mass is 16.2. The standard InChI is InChI=1S/C20H25N3O2/c1-3-15(2)22-20(25)17-9-11-18(12-10-17)23-19(24)14-21-13-16-7-5-4-6-8-16/h4-12,15,21H,3,13-14H2,1-2H3,(H,22,25)(H,23,24). The highest BCUT2D eigenvalue weighted by Gasteiger charge is 2.09. The molecule has 0 heterocycles. The minimum atomic E-state index is -0.118. The van der Waals surface area contributed by atoms with Gasteiger partial charge in [0, 0.05) is 23.8 Å². The molecule has 0 fully saturated rings. The summed E-state index contributed by atoms with van der Waals surface area (Å²) in [4.78, 5) is 24.0. The number of nitrogens with one attached hydrogen (secondary N) is 3. The van der Waals surface area contributed by atoms with Crippen LogP contribution >= 0.6 is 0 Å². The van der Waals surface area contributed by atoms with Crippen LogP contribution in [0.3, 0.4) is 0 Å². The third-order valence-corrected chi connectivity index (χ3v) is 3.88. The summed E-state index contributed by atoms with van der Waals surface area (Å²) in [5.41, 5.74) is 2.39. The summed E-state index contributed by atoms with van der Waals surface area (Å²) in [7, 11) is 0. The highest BCUT2D eigenvalue weighted by Crippen LogP contribution is 2.10. The van der Waals surface area contributed by atoms with Crippen LogP contribution < -0.4 is 16.0 Å². The molecule has 0 aliphatic carbocycles. The molecule has 0 saturated carbocycles. The van der Waals surface area contributed by atoms with Crippen molar-refractivity contribution >= 4 is 17.5 Å². The van der Waals surface area contributed by atoms with Gasteiger partial charge in [0.2, 0.25) is 5.91 Å². The zero-order chi connectivity index (χ0) is 18.1. The molecule has 25 heavy (non-hydrogen) atoms. The molecule has 0 spiro atoms. The first-order valence-electron chi connectivity index (χ1n) is 8.54. The highest BCUT2D eigenvalue weighted by molar-refractivity contribution is 5.96. The van der Waals surface area contributed by atoms with E-state index in [1.807, 2.05) is 44.2 Å². The molecule has 3 N–H and O–H groups in total. The topological polar surface area (TPSA) is 70.2 Å². The Morgan fingerprint density at radius 1 is 1.00 bits per heavy atom. The van der Waals surface area contributed by atoms with E-state index in [-0.39, 0.29) is 24.4 Å². The van der Waals surface area contributed by atoms with Crippen molar-refractivity contribution in [2.24, 2.45) is 0 Å². The van der Waals surface area contributed by atoms with Gasteiger partial charge < -0.3 is 16.0 Å². The van der Waals surface area contributed by atoms with Gasteiger partial charge in [-0.3, -0.25) is 9.59 Å². The second-order valence-corrected chi connectivity index (χ2v) is 6.00. The molecular formula is C20H25N3O2. The molecule has 0 aliphatic rings. The van der Waals surface area contributed by atoms with Crippen molar-refractivity contribution in [2.45, 2.75) is 32.9 Å². The molecule has 0 aliphatic heterocycles. The minimum Gasteiger partial charge on any atom is -0.350 e. The Labute approximate surface area is 148 Å². The number of benzene rings is 2. The van der Waals surface area contributed by atoms with E-state index in [1.54, 1.807) is 24.3 Å². The van der Waals surface area contributed by atoms with Crippen LogP contribution in [-0.2, 0) is 11.3 Å². The second kappa shape index (κ2) is 9.59. The van der Waals surface area contributed by atoms with Crippen LogP contribution in [0.5, 0.6) is 0 Å². The van der Waals surface area contributed by atoms with Crippen LogP contribution in [-0.4, -0.2) is 24.4 Å². The van der Waals surface area contributed by atoms with Gasteiger partial charge in [-0.05, 0) is 43.2 Å². The van der Waals surface area contributed by atoms with Gasteiger partial charge in [-0.1, -0.05) is 37.3 Å². The lowest BCUT2D eigenvalue weighted by atomic mass is 10.1. The monoisotopic (exact) mass is 339 g/mol. The SMILES string of the molecule is CCC(C)NC(=O)c1ccc(NC(=O)CNCc2ccccc2)cc1. The number of hydrogen-bond acceptors (Lipinski definition) is 3. The van der Waals surface area contributed by atoms with Crippen LogP contribution in [0.1, 0.15) is 36.2 Å². The van der Waals surface area contributed by atoms with E-state index in [0.29, 0.717) is 17.8 Å². The summed E-state index contributed by atoms with van der Waals surface area (Å²) in [5.74, 6) is -0.218. The predicted molar refractivity (Wildman–Crippen MR) is 100 cm³/mol. The molecular weight excluding hydrogens is 314 g/mol. The van der Waals surface area contributed by atoms with Gasteiger partial charge in [0.05, 0.1) is 6.54 Å². The van der Waals surface area contributed by atoms with Crippen molar-refractivity contribution in [3.8, 4) is 0 Å². The molecule has 0 saturated heterocycles. The smallest absolute Gasteiger partial charge is 0.251 e. The van der Waals surface area contributed by atoms with Crippen molar-refractivity contribution in [2.75, 3.05) is 11.9 Å². The third-order valence-electron chi connectivity index (χ3n) is 3.88. The van der Waals surface area contributed by atoms with Gasteiger partial charge >= 0.3 is 0 Å². The zero-order valence-electron chi connectivity index (χ0n) is 14.7. The van der Waals surface area contributed by atoms with Gasteiger partial charge in [0.25, 0.3) is 5.91 Å². The van der Waals surface area contributed by atoms with E-state index >= 15 is 0 Å². The molecule has 2 aromatic rings. The number of hydrogen-bond donors (Lipinski definition) is 3. The first kappa shape index (κ1) is 18.7. The number of anilines is 1. The van der Waals surface area contributed by atoms with Gasteiger partial charge in [-0.15, -0.1) is 0 Å². The summed E-state index contributed by atoms with van der Waals surface area (Å²) < 4.78 is 0. The van der Waals surface area contributed by atoms with Gasteiger partial charge in [-0.25, -0.2) is 0 Å². The van der Waals surface area contributed by atoms with E-state index in [1.165, 1.54) is 0 Å². The van der Waals surface area contributed by atoms with E-state index in [2.05, 4.69) is 16.0 Å². The van der Waals surface area contributed by atoms with Crippen LogP contribution in [0.2, 0.25) is 0 Å². The number of rotatable bonds is 8. The predicted octanol–water partition coefficient (Wildman–Crippen LogP) is 2.94. The average Bonchev–Trinajstić information content (AvgIpc) is 2.63. The van der Waals surface area contributed by atoms with Gasteiger partial charge in [0.1, 0.15) is 0 Å². The maximum absolute atomic E-state index is 12.0. The fourth-order valence-electron chi connectivity index (χ4n) is 2.24. The Balaban J connectivity index is 1.78. The molecule has 5 nitrogen and oxygen atoms in total. The van der Waals surface area contributed by atoms with Crippen molar-refractivity contribution in [3.05, 3.63) is 65.7 Å². The Kier molecular flexibility index (Phi) is 7.16. The lowest BCUT2D eigenvalue weighted by Gasteiger charge is -2.12. The maximum Gasteiger partial charge on any atom is 0.251 e. The fraction of sp³-hybridized carbons (Fsp3) is 0.300. The Bertz CT molecular complexity index is 684. The first-order valence-corrected chi connectivity index (χ1v) is 8.54. The average molecular weight is 339 g/mol. The van der Waals surface area contributed by atoms with E-state index in [4.69, 9.17) is 0 Å². The Morgan fingerprint density at radius 2 is 1.68 bits per heavy atom. The molecule has 2 amide bonds. The molecule has 132 valence electrons. The summed E-state index contributed by atoms with van der Waals surface area (Å²) in [5, 5.41) is 8.83. The van der Waals surface area contributed by atoms with Crippen LogP contribution in [0.4, 0.5) is 5.69 Å². The van der Waals surface area contributed by atoms with E-state index in [0.717, 1.165) is 12.0 Å². The first-order chi connectivity index (χ1) is 12.1. The lowest BCUT2D eigenvalue weighted by molar-refractivity contribution is -0.115. The third kappa shape index (κ3) is 6.39. The number of carbonyl (C=O) groups is 2. The molecule has 0 radical (unpaired) electrons. The van der Waals surface area contributed by atoms with Crippen LogP contribution in [0.25, 0.3) is 0 Å². The molecule has 0 bridgehead atoms. The van der Waals surface area contributed by atoms with Crippen molar-refractivity contribution in [3.63, 3.8) is 0 Å². The molecule has 2 rings (SSSR count). The van der Waals surface area contributed by atoms with E-state index < -0.39 is 0 Å². The molecule has 0 aromatic heterocycles. The summed E-state index contributed by atoms with van der Waals surface area (Å²) in [6, 6.07) is 17.0. The summed E-state index contributed by atoms with van der Waals surface area (Å²) in [6.07, 6.45) is 0.885. The Morgan fingerprint density at radius 3 is 2.32 bits per heavy atom. The molecule has 1 atom stereocenters. The van der Waals surface area contributed by atoms with Gasteiger partial charge in [0.15, 0.2) is 0 Å². The van der Waals surface area contributed by atoms with Gasteiger partial charge in [-0.2, -0.15) is 0 Å². The normalized spacial score (nSPS) is 11.6. The minimum absolute atomic E-state index is 0.100. The molecule has 2 aromatic carbocycles.